The Morgan fingerprint density at radius 3 is 2.05 bits per heavy atom. The Morgan fingerprint density at radius 1 is 0.949 bits per heavy atom. The Morgan fingerprint density at radius 2 is 1.51 bits per heavy atom. The lowest BCUT2D eigenvalue weighted by atomic mass is 10.0. The number of amides is 1. The molecule has 0 aromatic heterocycles. The molecule has 3 rings (SSSR count). The summed E-state index contributed by atoms with van der Waals surface area (Å²) in [5.74, 6) is -0.0820. The third-order valence-electron chi connectivity index (χ3n) is 5.92. The lowest BCUT2D eigenvalue weighted by molar-refractivity contribution is -0.384. The van der Waals surface area contributed by atoms with Gasteiger partial charge in [-0.1, -0.05) is 74.5 Å². The number of non-ortho nitro benzene ring substituents is 1. The number of nitro groups is 1. The topological polar surface area (TPSA) is 139 Å². The number of rotatable bonds is 13. The van der Waals surface area contributed by atoms with E-state index in [4.69, 9.17) is 4.74 Å². The van der Waals surface area contributed by atoms with Gasteiger partial charge in [-0.3, -0.25) is 10.1 Å². The molecule has 0 radical (unpaired) electrons. The summed E-state index contributed by atoms with van der Waals surface area (Å²) < 4.78 is 33.4. The van der Waals surface area contributed by atoms with Gasteiger partial charge in [0.05, 0.1) is 22.0 Å². The number of nitro benzene ring substituents is 1. The molecule has 2 N–H and O–H groups in total. The lowest BCUT2D eigenvalue weighted by Gasteiger charge is -2.30. The average Bonchev–Trinajstić information content (AvgIpc) is 2.92. The predicted octanol–water partition coefficient (Wildman–Crippen LogP) is 4.14. The fourth-order valence-electron chi connectivity index (χ4n) is 3.97. The highest BCUT2D eigenvalue weighted by Gasteiger charge is 2.32. The number of nitrogens with one attached hydrogen (secondary N) is 1. The van der Waals surface area contributed by atoms with E-state index in [1.165, 1.54) is 12.1 Å². The zero-order valence-electron chi connectivity index (χ0n) is 21.8. The van der Waals surface area contributed by atoms with Crippen molar-refractivity contribution in [2.75, 3.05) is 13.1 Å². The smallest absolute Gasteiger partial charge is 0.407 e. The monoisotopic (exact) mass is 555 g/mol. The highest BCUT2D eigenvalue weighted by molar-refractivity contribution is 7.89. The van der Waals surface area contributed by atoms with Gasteiger partial charge in [-0.05, 0) is 35.6 Å². The molecular formula is C28H33N3O7S. The van der Waals surface area contributed by atoms with E-state index in [2.05, 4.69) is 5.32 Å². The second kappa shape index (κ2) is 13.8. The van der Waals surface area contributed by atoms with Gasteiger partial charge in [0.2, 0.25) is 10.0 Å². The van der Waals surface area contributed by atoms with E-state index in [0.29, 0.717) is 0 Å². The van der Waals surface area contributed by atoms with Crippen molar-refractivity contribution in [1.29, 1.82) is 0 Å². The molecule has 1 amide bonds. The molecule has 0 heterocycles. The number of benzene rings is 3. The van der Waals surface area contributed by atoms with Crippen LogP contribution in [0.15, 0.2) is 89.8 Å². The van der Waals surface area contributed by atoms with Crippen LogP contribution in [0, 0.1) is 16.0 Å². The highest BCUT2D eigenvalue weighted by atomic mass is 32.2. The maximum Gasteiger partial charge on any atom is 0.407 e. The van der Waals surface area contributed by atoms with Crippen LogP contribution < -0.4 is 5.32 Å². The second-order valence-corrected chi connectivity index (χ2v) is 11.5. The molecule has 1 unspecified atom stereocenters. The molecule has 0 saturated carbocycles. The number of carbonyl (C=O) groups excluding carboxylic acids is 1. The van der Waals surface area contributed by atoms with Crippen molar-refractivity contribution in [1.82, 2.24) is 9.62 Å². The summed E-state index contributed by atoms with van der Waals surface area (Å²) in [6, 6.07) is 22.1. The molecule has 0 fully saturated rings. The Hall–Kier alpha value is -3.80. The number of alkyl carbamates (subject to hydrolysis) is 1. The van der Waals surface area contributed by atoms with Crippen LogP contribution in [0.2, 0.25) is 0 Å². The Balaban J connectivity index is 1.80. The molecule has 39 heavy (non-hydrogen) atoms. The number of ether oxygens (including phenoxy) is 1. The normalized spacial score (nSPS) is 13.2. The number of aliphatic hydroxyl groups is 1. The van der Waals surface area contributed by atoms with E-state index in [0.717, 1.165) is 27.6 Å². The van der Waals surface area contributed by atoms with Crippen LogP contribution in [0.3, 0.4) is 0 Å². The Labute approximate surface area is 228 Å². The molecule has 208 valence electrons. The minimum atomic E-state index is -4.11. The second-order valence-electron chi connectivity index (χ2n) is 9.54. The molecule has 10 nitrogen and oxygen atoms in total. The first kappa shape index (κ1) is 29.8. The summed E-state index contributed by atoms with van der Waals surface area (Å²) in [5, 5.41) is 24.9. The number of carbonyl (C=O) groups is 1. The summed E-state index contributed by atoms with van der Waals surface area (Å²) in [7, 11) is -4.11. The van der Waals surface area contributed by atoms with Crippen LogP contribution in [-0.2, 0) is 27.8 Å². The summed E-state index contributed by atoms with van der Waals surface area (Å²) in [6.07, 6.45) is -1.80. The number of hydrogen-bond donors (Lipinski definition) is 2. The van der Waals surface area contributed by atoms with Crippen molar-refractivity contribution >= 4 is 21.8 Å². The van der Waals surface area contributed by atoms with E-state index in [1.807, 2.05) is 74.5 Å². The molecular weight excluding hydrogens is 522 g/mol. The summed E-state index contributed by atoms with van der Waals surface area (Å²) >= 11 is 0. The van der Waals surface area contributed by atoms with Gasteiger partial charge in [0.15, 0.2) is 0 Å². The predicted molar refractivity (Wildman–Crippen MR) is 146 cm³/mol. The minimum Gasteiger partial charge on any atom is -0.445 e. The SMILES string of the molecule is CC(C)CN(C[C@H](O)C(Cc1ccccc1)NC(=O)OCc1ccccc1)S(=O)(=O)c1ccc([N+](=O)[O-])cc1. The van der Waals surface area contributed by atoms with Gasteiger partial charge in [0.1, 0.15) is 6.61 Å². The first-order valence-corrected chi connectivity index (χ1v) is 13.9. The standard InChI is InChI=1S/C28H33N3O7S/c1-21(2)18-30(39(36,37)25-15-13-24(14-16-25)31(34)35)19-27(32)26(17-22-9-5-3-6-10-22)29-28(33)38-20-23-11-7-4-8-12-23/h3-16,21,26-27,32H,17-20H2,1-2H3,(H,29,33)/t26?,27-/m0/s1. The van der Waals surface area contributed by atoms with Crippen molar-refractivity contribution in [2.24, 2.45) is 5.92 Å². The quantitative estimate of drug-likeness (QED) is 0.239. The zero-order chi connectivity index (χ0) is 28.4. The first-order chi connectivity index (χ1) is 18.6. The minimum absolute atomic E-state index is 0.0365. The van der Waals surface area contributed by atoms with Gasteiger partial charge >= 0.3 is 6.09 Å². The largest absolute Gasteiger partial charge is 0.445 e. The molecule has 0 saturated heterocycles. The molecule has 3 aromatic carbocycles. The van der Waals surface area contributed by atoms with Gasteiger partial charge in [-0.15, -0.1) is 0 Å². The van der Waals surface area contributed by atoms with E-state index < -0.39 is 33.2 Å². The van der Waals surface area contributed by atoms with Gasteiger partial charge in [-0.2, -0.15) is 4.31 Å². The first-order valence-electron chi connectivity index (χ1n) is 12.5. The van der Waals surface area contributed by atoms with Crippen LogP contribution >= 0.6 is 0 Å². The average molecular weight is 556 g/mol. The summed E-state index contributed by atoms with van der Waals surface area (Å²) in [4.78, 5) is 22.9. The maximum atomic E-state index is 13.5. The van der Waals surface area contributed by atoms with Crippen LogP contribution in [-0.4, -0.2) is 54.1 Å². The Kier molecular flexibility index (Phi) is 10.6. The van der Waals surface area contributed by atoms with Crippen molar-refractivity contribution < 1.29 is 28.0 Å². The molecule has 3 aromatic rings. The van der Waals surface area contributed by atoms with E-state index >= 15 is 0 Å². The fourth-order valence-corrected chi connectivity index (χ4v) is 5.59. The van der Waals surface area contributed by atoms with Crippen molar-refractivity contribution in [3.63, 3.8) is 0 Å². The third-order valence-corrected chi connectivity index (χ3v) is 7.77. The van der Waals surface area contributed by atoms with E-state index in [1.54, 1.807) is 0 Å². The number of sulfonamides is 1. The molecule has 2 atom stereocenters. The van der Waals surface area contributed by atoms with Gasteiger partial charge in [-0.25, -0.2) is 13.2 Å². The maximum absolute atomic E-state index is 13.5. The van der Waals surface area contributed by atoms with Crippen molar-refractivity contribution in [3.05, 3.63) is 106 Å². The molecule has 0 aliphatic carbocycles. The van der Waals surface area contributed by atoms with Crippen LogP contribution in [0.1, 0.15) is 25.0 Å². The highest BCUT2D eigenvalue weighted by Crippen LogP contribution is 2.22. The van der Waals surface area contributed by atoms with Crippen LogP contribution in [0.25, 0.3) is 0 Å². The lowest BCUT2D eigenvalue weighted by Crippen LogP contribution is -2.51. The molecule has 0 aliphatic heterocycles. The van der Waals surface area contributed by atoms with E-state index in [9.17, 15) is 28.4 Å². The van der Waals surface area contributed by atoms with E-state index in [-0.39, 0.29) is 42.6 Å². The molecule has 11 heteroatoms. The number of nitrogens with zero attached hydrogens (tertiary/aromatic N) is 2. The number of aliphatic hydroxyl groups excluding tert-OH is 1. The van der Waals surface area contributed by atoms with Crippen molar-refractivity contribution in [2.45, 2.75) is 43.9 Å². The zero-order valence-corrected chi connectivity index (χ0v) is 22.7. The van der Waals surface area contributed by atoms with Crippen LogP contribution in [0.5, 0.6) is 0 Å². The summed E-state index contributed by atoms with van der Waals surface area (Å²) in [5.41, 5.74) is 1.40. The molecule has 0 bridgehead atoms. The van der Waals surface area contributed by atoms with Crippen molar-refractivity contribution in [3.8, 4) is 0 Å². The molecule has 0 spiro atoms. The van der Waals surface area contributed by atoms with Gasteiger partial charge in [0, 0.05) is 25.2 Å². The fraction of sp³-hybridized carbons (Fsp3) is 0.321. The number of hydrogen-bond acceptors (Lipinski definition) is 7. The molecule has 0 aliphatic rings. The summed E-state index contributed by atoms with van der Waals surface area (Å²) in [6.45, 7) is 3.49. The van der Waals surface area contributed by atoms with Gasteiger partial charge < -0.3 is 15.2 Å². The Bertz CT molecular complexity index is 1320. The third kappa shape index (κ3) is 8.88. The van der Waals surface area contributed by atoms with Gasteiger partial charge in [0.25, 0.3) is 5.69 Å². The van der Waals surface area contributed by atoms with Crippen LogP contribution in [0.4, 0.5) is 10.5 Å².